The highest BCUT2D eigenvalue weighted by molar-refractivity contribution is 7.11. The van der Waals surface area contributed by atoms with E-state index in [1.54, 1.807) is 17.9 Å². The van der Waals surface area contributed by atoms with Gasteiger partial charge in [0.2, 0.25) is 0 Å². The van der Waals surface area contributed by atoms with Crippen molar-refractivity contribution in [2.75, 3.05) is 19.8 Å². The van der Waals surface area contributed by atoms with E-state index in [0.717, 1.165) is 34.8 Å². The third-order valence-corrected chi connectivity index (χ3v) is 5.04. The highest BCUT2D eigenvalue weighted by atomic mass is 32.1. The third kappa shape index (κ3) is 3.56. The molecule has 0 bridgehead atoms. The first-order chi connectivity index (χ1) is 11.2. The first-order valence-corrected chi connectivity index (χ1v) is 8.60. The van der Waals surface area contributed by atoms with E-state index in [4.69, 9.17) is 4.74 Å². The summed E-state index contributed by atoms with van der Waals surface area (Å²) in [6, 6.07) is 0.0687. The summed E-state index contributed by atoms with van der Waals surface area (Å²) >= 11 is 1.40. The van der Waals surface area contributed by atoms with E-state index in [1.807, 2.05) is 18.7 Å². The lowest BCUT2D eigenvalue weighted by Crippen LogP contribution is -2.48. The SMILES string of the molecule is Cc1nccnc1CCC1COCCN1C(=O)c1scnc1C. The van der Waals surface area contributed by atoms with Gasteiger partial charge in [0, 0.05) is 18.9 Å². The number of thiazole rings is 1. The highest BCUT2D eigenvalue weighted by Gasteiger charge is 2.29. The standard InChI is InChI=1S/C16H20N4O2S/c1-11-14(18-6-5-17-11)4-3-13-9-22-8-7-20(13)16(21)15-12(2)19-10-23-15/h5-6,10,13H,3-4,7-9H2,1-2H3. The van der Waals surface area contributed by atoms with Crippen LogP contribution in [0.4, 0.5) is 0 Å². The van der Waals surface area contributed by atoms with Crippen LogP contribution < -0.4 is 0 Å². The number of hydrogen-bond donors (Lipinski definition) is 0. The molecule has 0 aliphatic carbocycles. The summed E-state index contributed by atoms with van der Waals surface area (Å²) in [5.74, 6) is 0.0640. The van der Waals surface area contributed by atoms with E-state index in [1.165, 1.54) is 11.3 Å². The maximum absolute atomic E-state index is 12.8. The zero-order valence-electron chi connectivity index (χ0n) is 13.4. The number of morpholine rings is 1. The summed E-state index contributed by atoms with van der Waals surface area (Å²) in [6.07, 6.45) is 5.02. The molecule has 1 unspecified atom stereocenters. The van der Waals surface area contributed by atoms with Crippen molar-refractivity contribution >= 4 is 17.2 Å². The summed E-state index contributed by atoms with van der Waals surface area (Å²) in [7, 11) is 0. The number of amides is 1. The Morgan fingerprint density at radius 3 is 2.87 bits per heavy atom. The summed E-state index contributed by atoms with van der Waals surface area (Å²) in [5.41, 5.74) is 4.45. The van der Waals surface area contributed by atoms with Crippen LogP contribution in [-0.4, -0.2) is 51.6 Å². The first-order valence-electron chi connectivity index (χ1n) is 7.72. The van der Waals surface area contributed by atoms with E-state index in [0.29, 0.717) is 19.8 Å². The van der Waals surface area contributed by atoms with E-state index in [9.17, 15) is 4.79 Å². The van der Waals surface area contributed by atoms with Crippen molar-refractivity contribution in [3.05, 3.63) is 39.9 Å². The van der Waals surface area contributed by atoms with Gasteiger partial charge in [-0.2, -0.15) is 0 Å². The molecule has 0 radical (unpaired) electrons. The molecule has 1 saturated heterocycles. The number of aryl methyl sites for hydroxylation is 3. The molecule has 0 aromatic carbocycles. The second kappa shape index (κ2) is 7.14. The molecular formula is C16H20N4O2S. The molecule has 1 aliphatic heterocycles. The Balaban J connectivity index is 1.70. The molecule has 0 saturated carbocycles. The molecule has 3 heterocycles. The first kappa shape index (κ1) is 16.0. The monoisotopic (exact) mass is 332 g/mol. The van der Waals surface area contributed by atoms with E-state index in [-0.39, 0.29) is 11.9 Å². The lowest BCUT2D eigenvalue weighted by Gasteiger charge is -2.35. The molecule has 1 atom stereocenters. The number of ether oxygens (including phenoxy) is 1. The average Bonchev–Trinajstić information content (AvgIpc) is 3.00. The number of carbonyl (C=O) groups excluding carboxylic acids is 1. The Morgan fingerprint density at radius 1 is 1.30 bits per heavy atom. The van der Waals surface area contributed by atoms with Crippen LogP contribution in [-0.2, 0) is 11.2 Å². The fourth-order valence-electron chi connectivity index (χ4n) is 2.78. The van der Waals surface area contributed by atoms with Crippen molar-refractivity contribution in [3.63, 3.8) is 0 Å². The quantitative estimate of drug-likeness (QED) is 0.857. The maximum atomic E-state index is 12.8. The Hall–Kier alpha value is -1.86. The topological polar surface area (TPSA) is 68.2 Å². The van der Waals surface area contributed by atoms with E-state index >= 15 is 0 Å². The second-order valence-electron chi connectivity index (χ2n) is 5.62. The molecule has 1 aliphatic rings. The normalized spacial score (nSPS) is 18.2. The van der Waals surface area contributed by atoms with Crippen LogP contribution >= 0.6 is 11.3 Å². The third-order valence-electron chi connectivity index (χ3n) is 4.13. The molecule has 2 aromatic heterocycles. The molecule has 1 amide bonds. The van der Waals surface area contributed by atoms with Crippen LogP contribution in [0.25, 0.3) is 0 Å². The van der Waals surface area contributed by atoms with Crippen LogP contribution in [0.3, 0.4) is 0 Å². The summed E-state index contributed by atoms with van der Waals surface area (Å²) in [6.45, 7) is 5.62. The fourth-order valence-corrected chi connectivity index (χ4v) is 3.54. The Labute approximate surface area is 139 Å². The van der Waals surface area contributed by atoms with Gasteiger partial charge in [-0.1, -0.05) is 0 Å². The van der Waals surface area contributed by atoms with Gasteiger partial charge in [0.25, 0.3) is 5.91 Å². The fraction of sp³-hybridized carbons (Fsp3) is 0.500. The van der Waals surface area contributed by atoms with Crippen molar-refractivity contribution in [1.82, 2.24) is 19.9 Å². The van der Waals surface area contributed by atoms with Gasteiger partial charge in [-0.3, -0.25) is 14.8 Å². The molecule has 0 spiro atoms. The van der Waals surface area contributed by atoms with Crippen molar-refractivity contribution in [3.8, 4) is 0 Å². The molecule has 23 heavy (non-hydrogen) atoms. The average molecular weight is 332 g/mol. The van der Waals surface area contributed by atoms with Gasteiger partial charge in [-0.15, -0.1) is 11.3 Å². The zero-order chi connectivity index (χ0) is 16.2. The number of hydrogen-bond acceptors (Lipinski definition) is 6. The van der Waals surface area contributed by atoms with Gasteiger partial charge >= 0.3 is 0 Å². The second-order valence-corrected chi connectivity index (χ2v) is 6.48. The largest absolute Gasteiger partial charge is 0.377 e. The molecule has 6 nitrogen and oxygen atoms in total. The lowest BCUT2D eigenvalue weighted by atomic mass is 10.1. The number of nitrogens with zero attached hydrogens (tertiary/aromatic N) is 4. The zero-order valence-corrected chi connectivity index (χ0v) is 14.2. The maximum Gasteiger partial charge on any atom is 0.266 e. The predicted octanol–water partition coefficient (Wildman–Crippen LogP) is 2.02. The summed E-state index contributed by atoms with van der Waals surface area (Å²) in [5, 5.41) is 0. The molecule has 3 rings (SSSR count). The predicted molar refractivity (Wildman–Crippen MR) is 87.6 cm³/mol. The van der Waals surface area contributed by atoms with Gasteiger partial charge in [0.15, 0.2) is 0 Å². The van der Waals surface area contributed by atoms with Crippen LogP contribution in [0.2, 0.25) is 0 Å². The van der Waals surface area contributed by atoms with E-state index in [2.05, 4.69) is 15.0 Å². The molecule has 7 heteroatoms. The van der Waals surface area contributed by atoms with Gasteiger partial charge in [-0.25, -0.2) is 4.98 Å². The minimum atomic E-state index is 0.0640. The van der Waals surface area contributed by atoms with Crippen LogP contribution in [0.5, 0.6) is 0 Å². The van der Waals surface area contributed by atoms with Crippen LogP contribution in [0.1, 0.15) is 33.2 Å². The minimum Gasteiger partial charge on any atom is -0.377 e. The Morgan fingerprint density at radius 2 is 2.13 bits per heavy atom. The van der Waals surface area contributed by atoms with Crippen molar-refractivity contribution in [2.24, 2.45) is 0 Å². The lowest BCUT2D eigenvalue weighted by molar-refractivity contribution is -0.00393. The van der Waals surface area contributed by atoms with Gasteiger partial charge in [-0.05, 0) is 26.7 Å². The summed E-state index contributed by atoms with van der Waals surface area (Å²) in [4.78, 5) is 28.3. The summed E-state index contributed by atoms with van der Waals surface area (Å²) < 4.78 is 5.59. The van der Waals surface area contributed by atoms with Crippen LogP contribution in [0, 0.1) is 13.8 Å². The molecule has 0 N–H and O–H groups in total. The molecule has 2 aromatic rings. The van der Waals surface area contributed by atoms with Crippen molar-refractivity contribution in [1.29, 1.82) is 0 Å². The number of carbonyl (C=O) groups is 1. The Kier molecular flexibility index (Phi) is 4.97. The smallest absolute Gasteiger partial charge is 0.266 e. The molecular weight excluding hydrogens is 312 g/mol. The van der Waals surface area contributed by atoms with E-state index < -0.39 is 0 Å². The van der Waals surface area contributed by atoms with Gasteiger partial charge < -0.3 is 9.64 Å². The molecule has 1 fully saturated rings. The van der Waals surface area contributed by atoms with Gasteiger partial charge in [0.1, 0.15) is 4.88 Å². The Bertz CT molecular complexity index is 688. The highest BCUT2D eigenvalue weighted by Crippen LogP contribution is 2.21. The minimum absolute atomic E-state index is 0.0640. The number of aromatic nitrogens is 3. The van der Waals surface area contributed by atoms with Gasteiger partial charge in [0.05, 0.1) is 41.8 Å². The van der Waals surface area contributed by atoms with Crippen LogP contribution in [0.15, 0.2) is 17.9 Å². The molecule has 122 valence electrons. The number of rotatable bonds is 4. The van der Waals surface area contributed by atoms with Crippen molar-refractivity contribution in [2.45, 2.75) is 32.7 Å². The van der Waals surface area contributed by atoms with Crippen molar-refractivity contribution < 1.29 is 9.53 Å².